The molecule has 1 aliphatic heterocycles. The number of nitrogens with two attached hydrogens (primary N) is 5. The zero-order valence-corrected chi connectivity index (χ0v) is 29.0. The average Bonchev–Trinajstić information content (AvgIpc) is 3.63. The third kappa shape index (κ3) is 11.0. The van der Waals surface area contributed by atoms with E-state index in [1.165, 1.54) is 24.3 Å². The van der Waals surface area contributed by atoms with Gasteiger partial charge in [-0.3, -0.25) is 38.6 Å². The molecule has 5 atom stereocenters. The maximum absolute atomic E-state index is 14.6. The van der Waals surface area contributed by atoms with Crippen LogP contribution in [0.2, 0.25) is 0 Å². The summed E-state index contributed by atoms with van der Waals surface area (Å²) >= 11 is 0. The lowest BCUT2D eigenvalue weighted by molar-refractivity contribution is -0.137. The van der Waals surface area contributed by atoms with Gasteiger partial charge in [-0.05, 0) is 55.4 Å². The zero-order chi connectivity index (χ0) is 39.2. The molecule has 0 saturated carbocycles. The molecule has 53 heavy (non-hydrogen) atoms. The second-order valence-corrected chi connectivity index (χ2v) is 12.5. The van der Waals surface area contributed by atoms with Gasteiger partial charge in [0.15, 0.2) is 23.8 Å². The predicted molar refractivity (Wildman–Crippen MR) is 194 cm³/mol. The maximum Gasteiger partial charge on any atom is 0.234 e. The number of carbonyl (C=O) groups excluding carboxylic acids is 7. The molecule has 0 bridgehead atoms. The summed E-state index contributed by atoms with van der Waals surface area (Å²) in [6, 6.07) is 9.77. The number of nitrogens with zero attached hydrogens (tertiary/aromatic N) is 2. The Balaban J connectivity index is 2.17. The predicted octanol–water partition coefficient (Wildman–Crippen LogP) is -1.37. The third-order valence-corrected chi connectivity index (χ3v) is 8.69. The number of likely N-dealkylation sites (tertiary alicyclic amines) is 1. The molecule has 282 valence electrons. The lowest BCUT2D eigenvalue weighted by Crippen LogP contribution is -2.48. The van der Waals surface area contributed by atoms with E-state index in [4.69, 9.17) is 28.7 Å². The van der Waals surface area contributed by atoms with Gasteiger partial charge in [-0.2, -0.15) is 0 Å². The first-order chi connectivity index (χ1) is 25.2. The summed E-state index contributed by atoms with van der Waals surface area (Å²) in [6.07, 6.45) is -0.816. The van der Waals surface area contributed by atoms with E-state index in [1.54, 1.807) is 30.3 Å². The van der Waals surface area contributed by atoms with Crippen LogP contribution in [0.15, 0.2) is 70.7 Å². The molecule has 2 aromatic rings. The summed E-state index contributed by atoms with van der Waals surface area (Å²) in [5, 5.41) is 21.6. The van der Waals surface area contributed by atoms with Crippen molar-refractivity contribution in [3.05, 3.63) is 76.9 Å². The molecular weight excluding hydrogens is 686 g/mol. The van der Waals surface area contributed by atoms with Gasteiger partial charge in [0, 0.05) is 13.1 Å². The van der Waals surface area contributed by atoms with Crippen molar-refractivity contribution in [2.24, 2.45) is 33.7 Å². The molecule has 2 aromatic carbocycles. The van der Waals surface area contributed by atoms with Crippen molar-refractivity contribution in [2.75, 3.05) is 13.1 Å². The fourth-order valence-corrected chi connectivity index (χ4v) is 6.01. The molecule has 1 fully saturated rings. The van der Waals surface area contributed by atoms with Gasteiger partial charge in [-0.1, -0.05) is 42.5 Å². The van der Waals surface area contributed by atoms with Gasteiger partial charge < -0.3 is 49.4 Å². The van der Waals surface area contributed by atoms with Crippen LogP contribution < -0.4 is 34.0 Å². The molecule has 0 aromatic heterocycles. The highest BCUT2D eigenvalue weighted by Crippen LogP contribution is 2.31. The molecule has 13 N–H and O–H groups in total. The van der Waals surface area contributed by atoms with Crippen LogP contribution in [0.1, 0.15) is 49.1 Å². The number of phenolic OH excluding ortho intramolecular Hbond substituents is 1. The molecule has 3 rings (SSSR count). The van der Waals surface area contributed by atoms with Gasteiger partial charge in [-0.15, -0.1) is 0 Å². The van der Waals surface area contributed by atoms with Gasteiger partial charge in [-0.25, -0.2) is 0 Å². The first kappa shape index (κ1) is 41.5. The number of allylic oxidation sites excluding steroid dienone is 1. The largest absolute Gasteiger partial charge is 0.508 e. The van der Waals surface area contributed by atoms with E-state index in [0.717, 1.165) is 4.90 Å². The van der Waals surface area contributed by atoms with Gasteiger partial charge in [0.25, 0.3) is 0 Å². The highest BCUT2D eigenvalue weighted by molar-refractivity contribution is 6.52. The summed E-state index contributed by atoms with van der Waals surface area (Å²) in [6.45, 7) is 0.134. The molecule has 1 aliphatic rings. The summed E-state index contributed by atoms with van der Waals surface area (Å²) in [4.78, 5) is 97.9. The fraction of sp³-hybridized carbons (Fsp3) is 0.361. The highest BCUT2D eigenvalue weighted by Gasteiger charge is 2.43. The number of aromatic hydroxyl groups is 1. The Kier molecular flexibility index (Phi) is 15.4. The summed E-state index contributed by atoms with van der Waals surface area (Å²) in [5.74, 6) is -7.29. The SMILES string of the molecule is N=C(C(C(=O)C1CCCN1C(=O)CC(N)NC=O)=C(C=O)C(=O)C(=O)C(N)CCCN=C(N)N)C(C(=O)C(N)Cc1ccccc1)c1ccc(O)cc1. The van der Waals surface area contributed by atoms with Crippen molar-refractivity contribution >= 4 is 53.4 Å². The van der Waals surface area contributed by atoms with Crippen molar-refractivity contribution in [3.63, 3.8) is 0 Å². The van der Waals surface area contributed by atoms with Gasteiger partial charge in [0.2, 0.25) is 23.9 Å². The first-order valence-electron chi connectivity index (χ1n) is 16.8. The van der Waals surface area contributed by atoms with Crippen LogP contribution in [0.5, 0.6) is 5.75 Å². The average molecular weight is 732 g/mol. The Hall–Kier alpha value is -5.91. The number of amides is 2. The normalized spacial score (nSPS) is 16.6. The number of ketones is 4. The Labute approximate surface area is 305 Å². The van der Waals surface area contributed by atoms with E-state index in [1.807, 2.05) is 0 Å². The summed E-state index contributed by atoms with van der Waals surface area (Å²) < 4.78 is 0. The smallest absolute Gasteiger partial charge is 0.234 e. The van der Waals surface area contributed by atoms with Crippen LogP contribution in [0.25, 0.3) is 0 Å². The molecule has 0 radical (unpaired) electrons. The van der Waals surface area contributed by atoms with Gasteiger partial charge in [0.05, 0.1) is 53.5 Å². The second-order valence-electron chi connectivity index (χ2n) is 12.5. The van der Waals surface area contributed by atoms with Gasteiger partial charge >= 0.3 is 0 Å². The Morgan fingerprint density at radius 1 is 0.981 bits per heavy atom. The summed E-state index contributed by atoms with van der Waals surface area (Å²) in [7, 11) is 0. The lowest BCUT2D eigenvalue weighted by atomic mass is 9.78. The number of aliphatic imine (C=N–C) groups is 1. The van der Waals surface area contributed by atoms with Crippen molar-refractivity contribution < 1.29 is 38.7 Å². The molecule has 1 heterocycles. The topological polar surface area (TPSA) is 321 Å². The number of carbonyl (C=O) groups is 7. The number of hydrogen-bond donors (Lipinski definition) is 8. The molecule has 17 heteroatoms. The lowest BCUT2D eigenvalue weighted by Gasteiger charge is -2.28. The summed E-state index contributed by atoms with van der Waals surface area (Å²) in [5.41, 5.74) is 26.9. The van der Waals surface area contributed by atoms with Crippen molar-refractivity contribution in [1.29, 1.82) is 5.41 Å². The van der Waals surface area contributed by atoms with Crippen LogP contribution in [0.3, 0.4) is 0 Å². The number of aldehydes is 1. The third-order valence-electron chi connectivity index (χ3n) is 8.69. The number of guanidine groups is 1. The van der Waals surface area contributed by atoms with Crippen LogP contribution >= 0.6 is 0 Å². The van der Waals surface area contributed by atoms with E-state index < -0.39 is 82.5 Å². The second kappa shape index (κ2) is 19.6. The number of benzene rings is 2. The quantitative estimate of drug-likeness (QED) is 0.00847. The van der Waals surface area contributed by atoms with Crippen LogP contribution in [0, 0.1) is 5.41 Å². The van der Waals surface area contributed by atoms with Crippen LogP contribution in [-0.4, -0.2) is 101 Å². The number of phenols is 1. The van der Waals surface area contributed by atoms with E-state index in [0.29, 0.717) is 18.4 Å². The minimum absolute atomic E-state index is 0.0151. The molecule has 0 spiro atoms. The molecule has 17 nitrogen and oxygen atoms in total. The van der Waals surface area contributed by atoms with E-state index in [-0.39, 0.29) is 62.3 Å². The monoisotopic (exact) mass is 731 g/mol. The molecule has 2 amide bonds. The van der Waals surface area contributed by atoms with E-state index in [2.05, 4.69) is 10.3 Å². The standard InChI is InChI=1S/C36H45N9O8/c37-24(8-4-14-43-36(41)42)34(52)32(50)23(18-46)30(35(53)26-9-5-15-45(26)28(49)17-27(39)44-19-47)31(40)29(21-10-12-22(48)13-11-21)33(51)25(38)16-20-6-2-1-3-7-20/h1-3,6-7,10-13,18-19,24-27,29,40,48H,4-5,8-9,14-17,37-39H2,(H,44,47)(H4,41,42,43). The maximum atomic E-state index is 14.6. The molecule has 1 saturated heterocycles. The van der Waals surface area contributed by atoms with Crippen molar-refractivity contribution in [1.82, 2.24) is 10.2 Å². The van der Waals surface area contributed by atoms with Crippen LogP contribution in [0.4, 0.5) is 0 Å². The van der Waals surface area contributed by atoms with Crippen molar-refractivity contribution in [3.8, 4) is 5.75 Å². The van der Waals surface area contributed by atoms with E-state index >= 15 is 0 Å². The Morgan fingerprint density at radius 3 is 2.25 bits per heavy atom. The number of nitrogens with one attached hydrogen (secondary N) is 2. The van der Waals surface area contributed by atoms with E-state index in [9.17, 15) is 44.1 Å². The number of hydrogen-bond acceptors (Lipinski definition) is 13. The van der Waals surface area contributed by atoms with Gasteiger partial charge in [0.1, 0.15) is 5.75 Å². The Bertz CT molecular complexity index is 1760. The minimum atomic E-state index is -1.69. The minimum Gasteiger partial charge on any atom is -0.508 e. The number of rotatable bonds is 21. The van der Waals surface area contributed by atoms with Crippen LogP contribution in [-0.2, 0) is 40.0 Å². The molecular formula is C36H45N9O8. The zero-order valence-electron chi connectivity index (χ0n) is 29.0. The fourth-order valence-electron chi connectivity index (χ4n) is 6.01. The molecule has 5 unspecified atom stereocenters. The number of Topliss-reactive ketones (excluding diaryl/α,β-unsaturated/α-hetero) is 4. The highest BCUT2D eigenvalue weighted by atomic mass is 16.3. The molecule has 0 aliphatic carbocycles. The Morgan fingerprint density at radius 2 is 1.64 bits per heavy atom. The first-order valence-corrected chi connectivity index (χ1v) is 16.8. The van der Waals surface area contributed by atoms with Crippen molar-refractivity contribution in [2.45, 2.75) is 68.7 Å².